The fourth-order valence-corrected chi connectivity index (χ4v) is 1.55. The van der Waals surface area contributed by atoms with Gasteiger partial charge in [0.2, 0.25) is 0 Å². The summed E-state index contributed by atoms with van der Waals surface area (Å²) in [5, 5.41) is -0.819. The number of alkyl halides is 3. The van der Waals surface area contributed by atoms with Crippen molar-refractivity contribution in [3.8, 4) is 0 Å². The van der Waals surface area contributed by atoms with Crippen molar-refractivity contribution in [3.63, 3.8) is 0 Å². The quantitative estimate of drug-likeness (QED) is 0.745. The van der Waals surface area contributed by atoms with Gasteiger partial charge in [0.1, 0.15) is 0 Å². The number of hydrogen-bond donors (Lipinski definition) is 1. The Labute approximate surface area is 71.2 Å². The normalized spacial score (nSPS) is 12.1. The molecule has 0 saturated carbocycles. The molecule has 0 atom stereocenters. The van der Waals surface area contributed by atoms with E-state index in [4.69, 9.17) is 5.73 Å². The average molecular weight is 196 g/mol. The van der Waals surface area contributed by atoms with Crippen LogP contribution >= 0.6 is 11.3 Å². The zero-order valence-corrected chi connectivity index (χ0v) is 7.09. The molecule has 0 bridgehead atoms. The summed E-state index contributed by atoms with van der Waals surface area (Å²) in [7, 11) is 0. The van der Waals surface area contributed by atoms with E-state index >= 15 is 0 Å². The van der Waals surface area contributed by atoms with Crippen molar-refractivity contribution >= 4 is 11.3 Å². The molecular formula is C6H7F3N2S. The molecule has 0 saturated heterocycles. The number of aromatic nitrogens is 1. The van der Waals surface area contributed by atoms with Crippen LogP contribution in [0.4, 0.5) is 13.2 Å². The predicted molar refractivity (Wildman–Crippen MR) is 39.7 cm³/mol. The van der Waals surface area contributed by atoms with Gasteiger partial charge < -0.3 is 5.73 Å². The number of nitrogens with zero attached hydrogens (tertiary/aromatic N) is 1. The first-order valence-electron chi connectivity index (χ1n) is 3.18. The smallest absolute Gasteiger partial charge is 0.326 e. The molecule has 0 aliphatic carbocycles. The molecule has 0 unspecified atom stereocenters. The summed E-state index contributed by atoms with van der Waals surface area (Å²) >= 11 is 0.605. The van der Waals surface area contributed by atoms with Crippen LogP contribution in [-0.2, 0) is 12.7 Å². The number of nitrogens with two attached hydrogens (primary N) is 1. The second-order valence-corrected chi connectivity index (χ2v) is 3.31. The van der Waals surface area contributed by atoms with E-state index in [1.807, 2.05) is 0 Å². The lowest BCUT2D eigenvalue weighted by Crippen LogP contribution is -2.03. The van der Waals surface area contributed by atoms with Gasteiger partial charge >= 0.3 is 6.18 Å². The Balaban J connectivity index is 3.05. The Bertz CT molecular complexity index is 279. The van der Waals surface area contributed by atoms with Crippen LogP contribution in [0.2, 0.25) is 0 Å². The first-order valence-corrected chi connectivity index (χ1v) is 4.00. The van der Waals surface area contributed by atoms with Gasteiger partial charge in [0.25, 0.3) is 0 Å². The Morgan fingerprint density at radius 2 is 2.08 bits per heavy atom. The molecule has 0 aliphatic rings. The lowest BCUT2D eigenvalue weighted by Gasteiger charge is -1.98. The van der Waals surface area contributed by atoms with Gasteiger partial charge in [-0.2, -0.15) is 13.2 Å². The Morgan fingerprint density at radius 1 is 1.50 bits per heavy atom. The third-order valence-electron chi connectivity index (χ3n) is 1.32. The SMILES string of the molecule is Cc1nc(C(F)(F)F)sc1CN. The highest BCUT2D eigenvalue weighted by Gasteiger charge is 2.35. The predicted octanol–water partition coefficient (Wildman–Crippen LogP) is 1.93. The first-order chi connectivity index (χ1) is 5.45. The number of hydrogen-bond acceptors (Lipinski definition) is 3. The average Bonchev–Trinajstić information content (AvgIpc) is 2.29. The zero-order chi connectivity index (χ0) is 9.35. The molecule has 0 amide bonds. The van der Waals surface area contributed by atoms with Crippen molar-refractivity contribution < 1.29 is 13.2 Å². The number of halogens is 3. The van der Waals surface area contributed by atoms with E-state index in [0.717, 1.165) is 0 Å². The van der Waals surface area contributed by atoms with Crippen LogP contribution in [0.15, 0.2) is 0 Å². The van der Waals surface area contributed by atoms with Crippen LogP contribution in [0.3, 0.4) is 0 Å². The zero-order valence-electron chi connectivity index (χ0n) is 6.27. The molecule has 1 rings (SSSR count). The molecule has 0 aliphatic heterocycles. The Hall–Kier alpha value is -0.620. The highest BCUT2D eigenvalue weighted by molar-refractivity contribution is 7.11. The fourth-order valence-electron chi connectivity index (χ4n) is 0.739. The van der Waals surface area contributed by atoms with Gasteiger partial charge in [-0.15, -0.1) is 11.3 Å². The second-order valence-electron chi connectivity index (χ2n) is 2.23. The maximum Gasteiger partial charge on any atom is 0.443 e. The van der Waals surface area contributed by atoms with E-state index in [2.05, 4.69) is 4.98 Å². The summed E-state index contributed by atoms with van der Waals surface area (Å²) in [5.41, 5.74) is 5.58. The van der Waals surface area contributed by atoms with E-state index in [-0.39, 0.29) is 6.54 Å². The lowest BCUT2D eigenvalue weighted by atomic mass is 10.4. The van der Waals surface area contributed by atoms with Gasteiger partial charge in [0.15, 0.2) is 5.01 Å². The largest absolute Gasteiger partial charge is 0.443 e. The van der Waals surface area contributed by atoms with Crippen LogP contribution in [0.5, 0.6) is 0 Å². The molecule has 0 fully saturated rings. The van der Waals surface area contributed by atoms with Crippen LogP contribution in [0, 0.1) is 6.92 Å². The highest BCUT2D eigenvalue weighted by atomic mass is 32.1. The van der Waals surface area contributed by atoms with Gasteiger partial charge in [-0.3, -0.25) is 0 Å². The summed E-state index contributed by atoms with van der Waals surface area (Å²) in [6, 6.07) is 0. The molecular weight excluding hydrogens is 189 g/mol. The number of rotatable bonds is 1. The molecule has 0 aromatic carbocycles. The van der Waals surface area contributed by atoms with Crippen molar-refractivity contribution in [3.05, 3.63) is 15.6 Å². The molecule has 2 N–H and O–H groups in total. The van der Waals surface area contributed by atoms with Crippen molar-refractivity contribution in [1.82, 2.24) is 4.98 Å². The summed E-state index contributed by atoms with van der Waals surface area (Å²) in [5.74, 6) is 0. The molecule has 0 radical (unpaired) electrons. The summed E-state index contributed by atoms with van der Waals surface area (Å²) in [6.07, 6.45) is -4.34. The molecule has 1 aromatic heterocycles. The highest BCUT2D eigenvalue weighted by Crippen LogP contribution is 2.33. The van der Waals surface area contributed by atoms with Crippen LogP contribution in [0.25, 0.3) is 0 Å². The lowest BCUT2D eigenvalue weighted by molar-refractivity contribution is -0.137. The summed E-state index contributed by atoms with van der Waals surface area (Å²) in [6.45, 7) is 1.63. The number of aryl methyl sites for hydroxylation is 1. The topological polar surface area (TPSA) is 38.9 Å². The van der Waals surface area contributed by atoms with Crippen molar-refractivity contribution in [2.45, 2.75) is 19.6 Å². The van der Waals surface area contributed by atoms with Gasteiger partial charge in [-0.1, -0.05) is 0 Å². The minimum Gasteiger partial charge on any atom is -0.326 e. The van der Waals surface area contributed by atoms with Crippen molar-refractivity contribution in [2.24, 2.45) is 5.73 Å². The molecule has 12 heavy (non-hydrogen) atoms. The van der Waals surface area contributed by atoms with E-state index in [1.54, 1.807) is 0 Å². The maximum atomic E-state index is 12.0. The van der Waals surface area contributed by atoms with Gasteiger partial charge in [0.05, 0.1) is 5.69 Å². The van der Waals surface area contributed by atoms with E-state index in [9.17, 15) is 13.2 Å². The third-order valence-corrected chi connectivity index (χ3v) is 2.55. The number of thiazole rings is 1. The van der Waals surface area contributed by atoms with Crippen molar-refractivity contribution in [2.75, 3.05) is 0 Å². The van der Waals surface area contributed by atoms with Crippen LogP contribution < -0.4 is 5.73 Å². The van der Waals surface area contributed by atoms with Crippen molar-refractivity contribution in [1.29, 1.82) is 0 Å². The molecule has 68 valence electrons. The minimum absolute atomic E-state index is 0.111. The van der Waals surface area contributed by atoms with Gasteiger partial charge in [-0.05, 0) is 6.92 Å². The fraction of sp³-hybridized carbons (Fsp3) is 0.500. The Kier molecular flexibility index (Phi) is 2.39. The maximum absolute atomic E-state index is 12.0. The van der Waals surface area contributed by atoms with E-state index in [1.165, 1.54) is 6.92 Å². The standard InChI is InChI=1S/C6H7F3N2S/c1-3-4(2-10)12-5(11-3)6(7,8)9/h2,10H2,1H3. The minimum atomic E-state index is -4.34. The Morgan fingerprint density at radius 3 is 2.33 bits per heavy atom. The monoisotopic (exact) mass is 196 g/mol. The summed E-state index contributed by atoms with van der Waals surface area (Å²) in [4.78, 5) is 3.85. The summed E-state index contributed by atoms with van der Waals surface area (Å²) < 4.78 is 36.1. The third kappa shape index (κ3) is 1.75. The second kappa shape index (κ2) is 3.02. The van der Waals surface area contributed by atoms with Gasteiger partial charge in [-0.25, -0.2) is 4.98 Å². The molecule has 1 heterocycles. The van der Waals surface area contributed by atoms with Crippen LogP contribution in [-0.4, -0.2) is 4.98 Å². The molecule has 0 spiro atoms. The van der Waals surface area contributed by atoms with E-state index in [0.29, 0.717) is 21.9 Å². The van der Waals surface area contributed by atoms with Gasteiger partial charge in [0, 0.05) is 11.4 Å². The first kappa shape index (κ1) is 9.47. The molecule has 1 aromatic rings. The van der Waals surface area contributed by atoms with E-state index < -0.39 is 11.2 Å². The molecule has 2 nitrogen and oxygen atoms in total. The van der Waals surface area contributed by atoms with Crippen LogP contribution in [0.1, 0.15) is 15.6 Å². The molecule has 6 heteroatoms.